The number of halogens is 1. The van der Waals surface area contributed by atoms with Crippen LogP contribution in [0.3, 0.4) is 0 Å². The van der Waals surface area contributed by atoms with Crippen molar-refractivity contribution < 1.29 is 14.0 Å². The van der Waals surface area contributed by atoms with Gasteiger partial charge in [0.1, 0.15) is 5.82 Å². The van der Waals surface area contributed by atoms with Gasteiger partial charge in [-0.1, -0.05) is 42.5 Å². The quantitative estimate of drug-likeness (QED) is 0.862. The molecule has 0 aliphatic carbocycles. The molecule has 0 atom stereocenters. The standard InChI is InChI=1S/C18H19FN2O2/c1-2-21(13-15-6-4-3-5-7-15)18(23)17(22)20-12-14-8-10-16(19)11-9-14/h3-11H,2,12-13H2,1H3,(H,20,22). The summed E-state index contributed by atoms with van der Waals surface area (Å²) >= 11 is 0. The molecule has 0 saturated heterocycles. The lowest BCUT2D eigenvalue weighted by molar-refractivity contribution is -0.146. The molecule has 2 aromatic carbocycles. The number of likely N-dealkylation sites (N-methyl/N-ethyl adjacent to an activating group) is 1. The van der Waals surface area contributed by atoms with Gasteiger partial charge in [-0.25, -0.2) is 4.39 Å². The second kappa shape index (κ2) is 8.08. The van der Waals surface area contributed by atoms with Crippen molar-refractivity contribution in [2.75, 3.05) is 6.54 Å². The van der Waals surface area contributed by atoms with E-state index in [1.54, 1.807) is 12.1 Å². The molecule has 5 heteroatoms. The van der Waals surface area contributed by atoms with Crippen LogP contribution in [0, 0.1) is 5.82 Å². The van der Waals surface area contributed by atoms with Crippen LogP contribution in [0.25, 0.3) is 0 Å². The summed E-state index contributed by atoms with van der Waals surface area (Å²) in [7, 11) is 0. The average molecular weight is 314 g/mol. The van der Waals surface area contributed by atoms with Crippen LogP contribution in [0.5, 0.6) is 0 Å². The van der Waals surface area contributed by atoms with Crippen LogP contribution in [0.2, 0.25) is 0 Å². The highest BCUT2D eigenvalue weighted by molar-refractivity contribution is 6.34. The lowest BCUT2D eigenvalue weighted by atomic mass is 10.2. The number of hydrogen-bond acceptors (Lipinski definition) is 2. The smallest absolute Gasteiger partial charge is 0.312 e. The van der Waals surface area contributed by atoms with Crippen molar-refractivity contribution in [3.8, 4) is 0 Å². The van der Waals surface area contributed by atoms with Crippen molar-refractivity contribution in [2.24, 2.45) is 0 Å². The molecule has 2 amide bonds. The molecule has 0 saturated carbocycles. The van der Waals surface area contributed by atoms with Gasteiger partial charge in [0.25, 0.3) is 0 Å². The Kier molecular flexibility index (Phi) is 5.86. The molecule has 120 valence electrons. The van der Waals surface area contributed by atoms with Gasteiger partial charge in [0.2, 0.25) is 0 Å². The number of nitrogens with one attached hydrogen (secondary N) is 1. The van der Waals surface area contributed by atoms with E-state index in [0.717, 1.165) is 11.1 Å². The Balaban J connectivity index is 1.91. The van der Waals surface area contributed by atoms with E-state index in [1.807, 2.05) is 37.3 Å². The molecule has 4 nitrogen and oxygen atoms in total. The Bertz CT molecular complexity index is 656. The molecule has 0 spiro atoms. The zero-order valence-corrected chi connectivity index (χ0v) is 13.0. The molecule has 0 radical (unpaired) electrons. The van der Waals surface area contributed by atoms with Gasteiger partial charge in [-0.15, -0.1) is 0 Å². The first kappa shape index (κ1) is 16.7. The van der Waals surface area contributed by atoms with Gasteiger partial charge in [-0.3, -0.25) is 9.59 Å². The number of carbonyl (C=O) groups is 2. The zero-order chi connectivity index (χ0) is 16.7. The lowest BCUT2D eigenvalue weighted by Gasteiger charge is -2.20. The van der Waals surface area contributed by atoms with E-state index in [2.05, 4.69) is 5.32 Å². The second-order valence-electron chi connectivity index (χ2n) is 5.11. The van der Waals surface area contributed by atoms with Gasteiger partial charge < -0.3 is 10.2 Å². The fourth-order valence-electron chi connectivity index (χ4n) is 2.13. The first-order valence-electron chi connectivity index (χ1n) is 7.45. The summed E-state index contributed by atoms with van der Waals surface area (Å²) in [6.45, 7) is 2.85. The number of amides is 2. The molecular formula is C18H19FN2O2. The maximum Gasteiger partial charge on any atom is 0.312 e. The third-order valence-electron chi connectivity index (χ3n) is 3.45. The predicted molar refractivity (Wildman–Crippen MR) is 85.8 cm³/mol. The molecule has 2 aromatic rings. The number of rotatable bonds is 5. The molecule has 0 bridgehead atoms. The van der Waals surface area contributed by atoms with E-state index in [-0.39, 0.29) is 12.4 Å². The highest BCUT2D eigenvalue weighted by Gasteiger charge is 2.20. The van der Waals surface area contributed by atoms with Crippen LogP contribution in [0.15, 0.2) is 54.6 Å². The minimum atomic E-state index is -0.660. The van der Waals surface area contributed by atoms with Crippen molar-refractivity contribution in [3.05, 3.63) is 71.5 Å². The maximum absolute atomic E-state index is 12.8. The molecule has 0 heterocycles. The van der Waals surface area contributed by atoms with E-state index in [4.69, 9.17) is 0 Å². The lowest BCUT2D eigenvalue weighted by Crippen LogP contribution is -2.42. The fourth-order valence-corrected chi connectivity index (χ4v) is 2.13. The second-order valence-corrected chi connectivity index (χ2v) is 5.11. The summed E-state index contributed by atoms with van der Waals surface area (Å²) in [5.41, 5.74) is 1.70. The van der Waals surface area contributed by atoms with Crippen molar-refractivity contribution >= 4 is 11.8 Å². The predicted octanol–water partition coefficient (Wildman–Crippen LogP) is 2.49. The summed E-state index contributed by atoms with van der Waals surface area (Å²) in [4.78, 5) is 25.7. The Labute approximate surface area is 134 Å². The highest BCUT2D eigenvalue weighted by atomic mass is 19.1. The first-order chi connectivity index (χ1) is 11.1. The van der Waals surface area contributed by atoms with E-state index in [0.29, 0.717) is 13.1 Å². The molecule has 1 N–H and O–H groups in total. The van der Waals surface area contributed by atoms with Gasteiger partial charge >= 0.3 is 11.8 Å². The number of hydrogen-bond donors (Lipinski definition) is 1. The van der Waals surface area contributed by atoms with Gasteiger partial charge in [-0.2, -0.15) is 0 Å². The Morgan fingerprint density at radius 3 is 2.26 bits per heavy atom. The van der Waals surface area contributed by atoms with Crippen molar-refractivity contribution in [3.63, 3.8) is 0 Å². The average Bonchev–Trinajstić information content (AvgIpc) is 2.59. The van der Waals surface area contributed by atoms with Crippen LogP contribution in [0.1, 0.15) is 18.1 Å². The molecule has 23 heavy (non-hydrogen) atoms. The monoisotopic (exact) mass is 314 g/mol. The third kappa shape index (κ3) is 4.92. The molecule has 0 aliphatic heterocycles. The molecule has 0 fully saturated rings. The maximum atomic E-state index is 12.8. The summed E-state index contributed by atoms with van der Waals surface area (Å²) in [5, 5.41) is 2.57. The van der Waals surface area contributed by atoms with Gasteiger partial charge in [-0.05, 0) is 30.2 Å². The molecule has 0 unspecified atom stereocenters. The van der Waals surface area contributed by atoms with Crippen LogP contribution in [0.4, 0.5) is 4.39 Å². The number of nitrogens with zero attached hydrogens (tertiary/aromatic N) is 1. The molecule has 0 aromatic heterocycles. The van der Waals surface area contributed by atoms with Gasteiger partial charge in [0, 0.05) is 19.6 Å². The third-order valence-corrected chi connectivity index (χ3v) is 3.45. The van der Waals surface area contributed by atoms with E-state index < -0.39 is 11.8 Å². The summed E-state index contributed by atoms with van der Waals surface area (Å²) < 4.78 is 12.8. The van der Waals surface area contributed by atoms with E-state index >= 15 is 0 Å². The van der Waals surface area contributed by atoms with Gasteiger partial charge in [0.15, 0.2) is 0 Å². The van der Waals surface area contributed by atoms with Crippen molar-refractivity contribution in [2.45, 2.75) is 20.0 Å². The van der Waals surface area contributed by atoms with Crippen LogP contribution in [-0.2, 0) is 22.7 Å². The summed E-state index contributed by atoms with van der Waals surface area (Å²) in [6, 6.07) is 15.3. The van der Waals surface area contributed by atoms with E-state index in [1.165, 1.54) is 17.0 Å². The Morgan fingerprint density at radius 1 is 1.00 bits per heavy atom. The first-order valence-corrected chi connectivity index (χ1v) is 7.45. The SMILES string of the molecule is CCN(Cc1ccccc1)C(=O)C(=O)NCc1ccc(F)cc1. The van der Waals surface area contributed by atoms with Crippen LogP contribution < -0.4 is 5.32 Å². The van der Waals surface area contributed by atoms with Crippen LogP contribution in [-0.4, -0.2) is 23.3 Å². The Morgan fingerprint density at radius 2 is 1.65 bits per heavy atom. The zero-order valence-electron chi connectivity index (χ0n) is 13.0. The fraction of sp³-hybridized carbons (Fsp3) is 0.222. The number of benzene rings is 2. The topological polar surface area (TPSA) is 49.4 Å². The molecule has 0 aliphatic rings. The largest absolute Gasteiger partial charge is 0.344 e. The van der Waals surface area contributed by atoms with Crippen LogP contribution >= 0.6 is 0 Å². The highest BCUT2D eigenvalue weighted by Crippen LogP contribution is 2.05. The molecule has 2 rings (SSSR count). The Hall–Kier alpha value is -2.69. The van der Waals surface area contributed by atoms with Crippen molar-refractivity contribution in [1.82, 2.24) is 10.2 Å². The number of carbonyl (C=O) groups excluding carboxylic acids is 2. The minimum absolute atomic E-state index is 0.188. The van der Waals surface area contributed by atoms with Gasteiger partial charge in [0.05, 0.1) is 0 Å². The summed E-state index contributed by atoms with van der Waals surface area (Å²) in [5.74, 6) is -1.57. The van der Waals surface area contributed by atoms with E-state index in [9.17, 15) is 14.0 Å². The van der Waals surface area contributed by atoms with Crippen molar-refractivity contribution in [1.29, 1.82) is 0 Å². The summed E-state index contributed by atoms with van der Waals surface area (Å²) in [6.07, 6.45) is 0. The molecular weight excluding hydrogens is 295 g/mol. The minimum Gasteiger partial charge on any atom is -0.344 e. The normalized spacial score (nSPS) is 10.2.